The van der Waals surface area contributed by atoms with Gasteiger partial charge in [0.1, 0.15) is 0 Å². The Hall–Kier alpha value is 1.93. The zero-order chi connectivity index (χ0) is 7.44. The van der Waals surface area contributed by atoms with Crippen molar-refractivity contribution in [2.24, 2.45) is 0 Å². The monoisotopic (exact) mass is 568 g/mol. The van der Waals surface area contributed by atoms with Crippen LogP contribution in [-0.4, -0.2) is 57.0 Å². The number of carbonyl (C=O) groups is 2. The first-order valence-electron chi connectivity index (χ1n) is 2.16. The number of carbonyl (C=O) groups excluding carboxylic acids is 1. The van der Waals surface area contributed by atoms with Crippen molar-refractivity contribution < 1.29 is 64.6 Å². The molecule has 0 aromatic rings. The van der Waals surface area contributed by atoms with Gasteiger partial charge in [-0.05, 0) is 0 Å². The Bertz CT molecular complexity index is 145. The summed E-state index contributed by atoms with van der Waals surface area (Å²) in [7, 11) is 0. The minimum absolute atomic E-state index is 0. The molecule has 0 fully saturated rings. The third kappa shape index (κ3) is 14.5. The van der Waals surface area contributed by atoms with E-state index in [0.717, 1.165) is 0 Å². The molecule has 0 aliphatic carbocycles. The van der Waals surface area contributed by atoms with Gasteiger partial charge in [0.25, 0.3) is 0 Å². The number of thiol groups is 1. The van der Waals surface area contributed by atoms with Gasteiger partial charge in [0.05, 0.1) is 6.42 Å². The number of carboxylic acids is 1. The number of aliphatic carboxylic acids is 1. The molecule has 2 radical (unpaired) electrons. The standard InChI is InChI=1S/C4H6O4S.2Au.Na.H/c5-2(4(7)8)1-3(6)9;;;;/h2,5H,1H2,(H,6,9)(H,7,8);;;;. The number of hydrogen-bond acceptors (Lipinski definition) is 3. The van der Waals surface area contributed by atoms with Crippen LogP contribution >= 0.6 is 12.6 Å². The van der Waals surface area contributed by atoms with E-state index in [1.54, 1.807) is 0 Å². The molecule has 0 amide bonds. The van der Waals surface area contributed by atoms with Crippen LogP contribution in [0, 0.1) is 0 Å². The molecule has 0 saturated carbocycles. The van der Waals surface area contributed by atoms with Crippen molar-refractivity contribution in [1.29, 1.82) is 0 Å². The molecule has 0 spiro atoms. The topological polar surface area (TPSA) is 74.6 Å². The fourth-order valence-electron chi connectivity index (χ4n) is 0.253. The molecule has 0 aromatic carbocycles. The Labute approximate surface area is 129 Å². The third-order valence-corrected chi connectivity index (χ3v) is 0.836. The van der Waals surface area contributed by atoms with Crippen molar-refractivity contribution >= 4 is 53.3 Å². The van der Waals surface area contributed by atoms with E-state index in [1.807, 2.05) is 0 Å². The molecule has 12 heavy (non-hydrogen) atoms. The van der Waals surface area contributed by atoms with E-state index in [-0.39, 0.29) is 74.3 Å². The van der Waals surface area contributed by atoms with Gasteiger partial charge in [0.2, 0.25) is 0 Å². The second-order valence-corrected chi connectivity index (χ2v) is 1.95. The van der Waals surface area contributed by atoms with Crippen LogP contribution < -0.4 is 0 Å². The zero-order valence-corrected chi connectivity index (χ0v) is 10.3. The van der Waals surface area contributed by atoms with Crippen molar-refractivity contribution in [2.45, 2.75) is 12.5 Å². The molecule has 0 saturated heterocycles. The molecule has 2 N–H and O–H groups in total. The van der Waals surface area contributed by atoms with Gasteiger partial charge < -0.3 is 10.2 Å². The van der Waals surface area contributed by atoms with Gasteiger partial charge in [-0.3, -0.25) is 4.79 Å². The van der Waals surface area contributed by atoms with Crippen LogP contribution in [0.25, 0.3) is 0 Å². The molecule has 1 atom stereocenters. The van der Waals surface area contributed by atoms with Gasteiger partial charge >= 0.3 is 35.5 Å². The first-order valence-corrected chi connectivity index (χ1v) is 2.61. The van der Waals surface area contributed by atoms with Crippen molar-refractivity contribution in [3.63, 3.8) is 0 Å². The number of aliphatic hydroxyl groups excluding tert-OH is 1. The van der Waals surface area contributed by atoms with E-state index < -0.39 is 23.6 Å². The van der Waals surface area contributed by atoms with Crippen molar-refractivity contribution in [1.82, 2.24) is 0 Å². The molecule has 76 valence electrons. The van der Waals surface area contributed by atoms with Gasteiger partial charge in [-0.25, -0.2) is 4.79 Å². The minimum atomic E-state index is -1.62. The van der Waals surface area contributed by atoms with Crippen LogP contribution in [0.3, 0.4) is 0 Å². The summed E-state index contributed by atoms with van der Waals surface area (Å²) in [6.07, 6.45) is -2.06. The fraction of sp³-hybridized carbons (Fsp3) is 0.500. The van der Waals surface area contributed by atoms with Gasteiger partial charge in [0, 0.05) is 44.8 Å². The Kier molecular flexibility index (Phi) is 25.5. The molecule has 0 aliphatic heterocycles. The maximum absolute atomic E-state index is 10.00. The van der Waals surface area contributed by atoms with E-state index in [4.69, 9.17) is 10.2 Å². The van der Waals surface area contributed by atoms with Crippen LogP contribution in [0.2, 0.25) is 0 Å². The quantitative estimate of drug-likeness (QED) is 0.291. The number of aliphatic hydroxyl groups is 1. The Morgan fingerprint density at radius 1 is 1.33 bits per heavy atom. The van der Waals surface area contributed by atoms with Gasteiger partial charge in [-0.2, -0.15) is 0 Å². The van der Waals surface area contributed by atoms with E-state index in [2.05, 4.69) is 12.6 Å². The second-order valence-electron chi connectivity index (χ2n) is 1.45. The molecule has 0 bridgehead atoms. The Morgan fingerprint density at radius 2 is 1.67 bits per heavy atom. The second kappa shape index (κ2) is 12.9. The molecule has 0 heterocycles. The van der Waals surface area contributed by atoms with Gasteiger partial charge in [-0.15, -0.1) is 12.6 Å². The van der Waals surface area contributed by atoms with Gasteiger partial charge in [-0.1, -0.05) is 0 Å². The van der Waals surface area contributed by atoms with Gasteiger partial charge in [0.15, 0.2) is 11.2 Å². The molecular weight excluding hydrogens is 561 g/mol. The first-order chi connectivity index (χ1) is 4.04. The molecular formula is C4H7Au2NaO4S. The molecule has 1 unspecified atom stereocenters. The number of hydrogen-bond donors (Lipinski definition) is 3. The van der Waals surface area contributed by atoms with Crippen molar-refractivity contribution in [3.05, 3.63) is 0 Å². The molecule has 0 aromatic heterocycles. The summed E-state index contributed by atoms with van der Waals surface area (Å²) in [5.41, 5.74) is 0. The predicted molar refractivity (Wildman–Crippen MR) is 39.4 cm³/mol. The summed E-state index contributed by atoms with van der Waals surface area (Å²) < 4.78 is 0. The van der Waals surface area contributed by atoms with Crippen LogP contribution in [0.1, 0.15) is 6.42 Å². The average Bonchev–Trinajstić information content (AvgIpc) is 1.63. The molecule has 4 nitrogen and oxygen atoms in total. The molecule has 0 rings (SSSR count). The summed E-state index contributed by atoms with van der Waals surface area (Å²) in [5.74, 6) is -1.41. The maximum atomic E-state index is 10.00. The third-order valence-electron chi connectivity index (χ3n) is 0.653. The Balaban J connectivity index is -0.000000107. The van der Waals surface area contributed by atoms with Crippen molar-refractivity contribution in [3.8, 4) is 0 Å². The van der Waals surface area contributed by atoms with Crippen LogP contribution in [0.4, 0.5) is 0 Å². The van der Waals surface area contributed by atoms with Crippen LogP contribution in [-0.2, 0) is 54.3 Å². The predicted octanol–water partition coefficient (Wildman–Crippen LogP) is -1.38. The van der Waals surface area contributed by atoms with Crippen LogP contribution in [0.15, 0.2) is 0 Å². The Morgan fingerprint density at radius 3 is 1.75 bits per heavy atom. The van der Waals surface area contributed by atoms with E-state index in [1.165, 1.54) is 0 Å². The SMILES string of the molecule is O=C(S)CC(O)C(=O)O.[Au].[Au].[NaH]. The normalized spacial score (nSPS) is 9.50. The number of rotatable bonds is 3. The molecule has 0 aliphatic rings. The van der Waals surface area contributed by atoms with E-state index in [0.29, 0.717) is 0 Å². The summed E-state index contributed by atoms with van der Waals surface area (Å²) in [5, 5.41) is 15.8. The summed E-state index contributed by atoms with van der Waals surface area (Å²) >= 11 is 3.27. The van der Waals surface area contributed by atoms with Crippen LogP contribution in [0.5, 0.6) is 0 Å². The zero-order valence-electron chi connectivity index (χ0n) is 5.05. The summed E-state index contributed by atoms with van der Waals surface area (Å²) in [6.45, 7) is 0. The first kappa shape index (κ1) is 23.6. The summed E-state index contributed by atoms with van der Waals surface area (Å²) in [4.78, 5) is 19.8. The van der Waals surface area contributed by atoms with E-state index in [9.17, 15) is 9.59 Å². The van der Waals surface area contributed by atoms with Crippen molar-refractivity contribution in [2.75, 3.05) is 0 Å². The average molecular weight is 568 g/mol. The van der Waals surface area contributed by atoms with E-state index >= 15 is 0 Å². The number of carboxylic acid groups (broad SMARTS) is 1. The molecule has 8 heteroatoms. The fourth-order valence-corrected chi connectivity index (χ4v) is 0.426. The summed E-state index contributed by atoms with van der Waals surface area (Å²) in [6, 6.07) is 0.